The van der Waals surface area contributed by atoms with Gasteiger partial charge < -0.3 is 0 Å². The quantitative estimate of drug-likeness (QED) is 0.248. The van der Waals surface area contributed by atoms with Crippen molar-refractivity contribution < 1.29 is 39.3 Å². The van der Waals surface area contributed by atoms with Gasteiger partial charge in [0.2, 0.25) is 0 Å². The summed E-state index contributed by atoms with van der Waals surface area (Å²) in [5.41, 5.74) is -1.87. The van der Waals surface area contributed by atoms with Crippen LogP contribution in [0.25, 0.3) is 0 Å². The van der Waals surface area contributed by atoms with E-state index in [1.54, 1.807) is 0 Å². The van der Waals surface area contributed by atoms with Gasteiger partial charge in [-0.3, -0.25) is 4.55 Å². The van der Waals surface area contributed by atoms with Crippen LogP contribution in [0.3, 0.4) is 0 Å². The summed E-state index contributed by atoms with van der Waals surface area (Å²) in [6.45, 7) is 6.81. The highest BCUT2D eigenvalue weighted by Crippen LogP contribution is 2.37. The molecule has 0 fully saturated rings. The predicted molar refractivity (Wildman–Crippen MR) is 109 cm³/mol. The molecule has 2 aromatic rings. The van der Waals surface area contributed by atoms with E-state index in [2.05, 4.69) is 67.6 Å². The van der Waals surface area contributed by atoms with Gasteiger partial charge in [0, 0.05) is 3.57 Å². The summed E-state index contributed by atoms with van der Waals surface area (Å²) in [5.74, 6) is 0. The molecule has 0 spiro atoms. The Balaban J connectivity index is 0.000000325. The molecule has 0 saturated heterocycles. The Morgan fingerprint density at radius 1 is 0.833 bits per heavy atom. The highest BCUT2D eigenvalue weighted by atomic mass is 127. The summed E-state index contributed by atoms with van der Waals surface area (Å²) < 4.78 is 105. The molecule has 0 unspecified atom stereocenters. The average molecular weight is 568 g/mol. The molecule has 168 valence electrons. The maximum Gasteiger partial charge on any atom is 0.416 e. The molecule has 0 heterocycles. The summed E-state index contributed by atoms with van der Waals surface area (Å²) in [6, 6.07) is 8.40. The van der Waals surface area contributed by atoms with Crippen LogP contribution < -0.4 is 0 Å². The zero-order valence-corrected chi connectivity index (χ0v) is 19.0. The Kier molecular flexibility index (Phi) is 8.39. The first kappa shape index (κ1) is 26.7. The third-order valence-electron chi connectivity index (χ3n) is 4.37. The summed E-state index contributed by atoms with van der Waals surface area (Å²) in [5, 5.41) is 0. The van der Waals surface area contributed by atoms with Crippen LogP contribution in [0, 0.1) is 3.57 Å². The highest BCUT2D eigenvalue weighted by Gasteiger charge is 2.38. The number of halogens is 7. The van der Waals surface area contributed by atoms with Crippen molar-refractivity contribution in [3.63, 3.8) is 0 Å². The van der Waals surface area contributed by atoms with Crippen molar-refractivity contribution in [2.45, 2.75) is 49.9 Å². The topological polar surface area (TPSA) is 54.4 Å². The Labute approximate surface area is 184 Å². The molecular weight excluding hydrogens is 549 g/mol. The van der Waals surface area contributed by atoms with Crippen molar-refractivity contribution >= 4 is 32.7 Å². The van der Waals surface area contributed by atoms with E-state index < -0.39 is 38.5 Å². The van der Waals surface area contributed by atoms with Gasteiger partial charge in [0.1, 0.15) is 0 Å². The van der Waals surface area contributed by atoms with E-state index in [1.807, 2.05) is 0 Å². The third-order valence-corrected chi connectivity index (χ3v) is 5.92. The van der Waals surface area contributed by atoms with Gasteiger partial charge in [-0.1, -0.05) is 32.9 Å². The molecule has 0 amide bonds. The fourth-order valence-electron chi connectivity index (χ4n) is 2.18. The van der Waals surface area contributed by atoms with Crippen LogP contribution in [0.1, 0.15) is 43.9 Å². The lowest BCUT2D eigenvalue weighted by atomic mass is 9.82. The number of benzene rings is 2. The maximum atomic E-state index is 12.3. The first-order chi connectivity index (χ1) is 13.4. The molecule has 0 aliphatic heterocycles. The van der Waals surface area contributed by atoms with Gasteiger partial charge in [-0.05, 0) is 70.3 Å². The molecule has 1 N–H and O–H groups in total. The Hall–Kier alpha value is -1.34. The molecular formula is C19H19F6IO3S. The lowest BCUT2D eigenvalue weighted by molar-refractivity contribution is -0.143. The monoisotopic (exact) mass is 568 g/mol. The van der Waals surface area contributed by atoms with E-state index in [9.17, 15) is 34.8 Å². The van der Waals surface area contributed by atoms with E-state index in [0.29, 0.717) is 5.41 Å². The Morgan fingerprint density at radius 3 is 1.53 bits per heavy atom. The molecule has 0 radical (unpaired) electrons. The van der Waals surface area contributed by atoms with Gasteiger partial charge in [-0.15, -0.1) is 0 Å². The van der Waals surface area contributed by atoms with Crippen molar-refractivity contribution in [3.05, 3.63) is 62.7 Å². The maximum absolute atomic E-state index is 12.3. The van der Waals surface area contributed by atoms with Crippen molar-refractivity contribution in [2.75, 3.05) is 0 Å². The highest BCUT2D eigenvalue weighted by molar-refractivity contribution is 14.1. The molecule has 0 bridgehead atoms. The fraction of sp³-hybridized carbons (Fsp3) is 0.368. The van der Waals surface area contributed by atoms with E-state index >= 15 is 0 Å². The molecule has 30 heavy (non-hydrogen) atoms. The molecule has 2 aromatic carbocycles. The summed E-state index contributed by atoms with van der Waals surface area (Å²) in [6.07, 6.45) is -9.14. The minimum absolute atomic E-state index is 0.0788. The van der Waals surface area contributed by atoms with Crippen molar-refractivity contribution in [3.8, 4) is 0 Å². The normalized spacial score (nSPS) is 12.9. The van der Waals surface area contributed by atoms with Crippen LogP contribution >= 0.6 is 22.6 Å². The van der Waals surface area contributed by atoms with Crippen molar-refractivity contribution in [1.82, 2.24) is 0 Å². The standard InChI is InChI=1S/C11H15I.C8H4F6O3S/c1-4-11(2,3)9-5-7-10(12)8-6-9;9-7(10,11)4-1-5(8(12,13)14)3-6(2-4)18(15,16)17/h5-8H,4H2,1-3H3;1-3H,(H,15,16,17). The zero-order valence-electron chi connectivity index (χ0n) is 16.1. The summed E-state index contributed by atoms with van der Waals surface area (Å²) >= 11 is 2.34. The molecule has 0 aliphatic carbocycles. The number of hydrogen-bond donors (Lipinski definition) is 1. The molecule has 2 rings (SSSR count). The SMILES string of the molecule is CCC(C)(C)c1ccc(I)cc1.O=S(=O)(O)c1cc(C(F)(F)F)cc(C(F)(F)F)c1. The number of rotatable bonds is 3. The molecule has 0 atom stereocenters. The zero-order chi connectivity index (χ0) is 23.5. The molecule has 0 aliphatic rings. The first-order valence-corrected chi connectivity index (χ1v) is 10.9. The van der Waals surface area contributed by atoms with Crippen LogP contribution in [0.5, 0.6) is 0 Å². The van der Waals surface area contributed by atoms with E-state index in [0.717, 1.165) is 0 Å². The summed E-state index contributed by atoms with van der Waals surface area (Å²) in [7, 11) is -5.17. The molecule has 0 saturated carbocycles. The second kappa shape index (κ2) is 9.43. The minimum atomic E-state index is -5.17. The van der Waals surface area contributed by atoms with Gasteiger partial charge >= 0.3 is 12.4 Å². The summed E-state index contributed by atoms with van der Waals surface area (Å²) in [4.78, 5) is -1.47. The fourth-order valence-corrected chi connectivity index (χ4v) is 3.09. The second-order valence-electron chi connectivity index (χ2n) is 6.96. The average Bonchev–Trinajstić information content (AvgIpc) is 2.60. The molecule has 0 aromatic heterocycles. The van der Waals surface area contributed by atoms with E-state index in [1.165, 1.54) is 15.6 Å². The first-order valence-electron chi connectivity index (χ1n) is 8.41. The van der Waals surface area contributed by atoms with Gasteiger partial charge in [0.05, 0.1) is 16.0 Å². The largest absolute Gasteiger partial charge is 0.416 e. The van der Waals surface area contributed by atoms with E-state index in [-0.39, 0.29) is 18.2 Å². The van der Waals surface area contributed by atoms with Crippen molar-refractivity contribution in [2.24, 2.45) is 0 Å². The van der Waals surface area contributed by atoms with Crippen LogP contribution in [0.2, 0.25) is 0 Å². The Morgan fingerprint density at radius 2 is 1.23 bits per heavy atom. The second-order valence-corrected chi connectivity index (χ2v) is 9.63. The van der Waals surface area contributed by atoms with Crippen LogP contribution in [0.15, 0.2) is 47.4 Å². The van der Waals surface area contributed by atoms with Crippen LogP contribution in [-0.2, 0) is 27.9 Å². The van der Waals surface area contributed by atoms with Gasteiger partial charge in [-0.2, -0.15) is 34.8 Å². The van der Waals surface area contributed by atoms with Gasteiger partial charge in [0.25, 0.3) is 10.1 Å². The van der Waals surface area contributed by atoms with Crippen molar-refractivity contribution in [1.29, 1.82) is 0 Å². The van der Waals surface area contributed by atoms with E-state index in [4.69, 9.17) is 4.55 Å². The third kappa shape index (κ3) is 7.73. The number of hydrogen-bond acceptors (Lipinski definition) is 2. The van der Waals surface area contributed by atoms with Gasteiger partial charge in [-0.25, -0.2) is 0 Å². The predicted octanol–water partition coefficient (Wildman–Crippen LogP) is 6.95. The van der Waals surface area contributed by atoms with Gasteiger partial charge in [0.15, 0.2) is 0 Å². The number of alkyl halides is 6. The van der Waals surface area contributed by atoms with Crippen LogP contribution in [-0.4, -0.2) is 13.0 Å². The minimum Gasteiger partial charge on any atom is -0.282 e. The van der Waals surface area contributed by atoms with Crippen LogP contribution in [0.4, 0.5) is 26.3 Å². The molecule has 3 nitrogen and oxygen atoms in total. The smallest absolute Gasteiger partial charge is 0.282 e. The molecule has 11 heteroatoms. The Bertz CT molecular complexity index is 933. The lowest BCUT2D eigenvalue weighted by Crippen LogP contribution is -2.14. The lowest BCUT2D eigenvalue weighted by Gasteiger charge is -2.23.